The van der Waals surface area contributed by atoms with Gasteiger partial charge in [-0.1, -0.05) is 45.0 Å². The molecule has 0 spiro atoms. The van der Waals surface area contributed by atoms with Crippen molar-refractivity contribution in [3.63, 3.8) is 0 Å². The lowest BCUT2D eigenvalue weighted by atomic mass is 9.94. The maximum atomic E-state index is 14.3. The van der Waals surface area contributed by atoms with Crippen molar-refractivity contribution >= 4 is 17.4 Å². The van der Waals surface area contributed by atoms with Crippen LogP contribution in [0.3, 0.4) is 0 Å². The Morgan fingerprint density at radius 3 is 2.30 bits per heavy atom. The van der Waals surface area contributed by atoms with E-state index in [1.165, 1.54) is 24.1 Å². The lowest BCUT2D eigenvalue weighted by Gasteiger charge is -2.28. The molecule has 2 aromatic carbocycles. The Bertz CT molecular complexity index is 1040. The van der Waals surface area contributed by atoms with Gasteiger partial charge in [0.2, 0.25) is 0 Å². The van der Waals surface area contributed by atoms with E-state index in [-0.39, 0.29) is 16.9 Å². The van der Waals surface area contributed by atoms with Crippen LogP contribution in [0.4, 0.5) is 4.39 Å². The number of aliphatic hydroxyl groups excluding tert-OH is 1. The van der Waals surface area contributed by atoms with Crippen LogP contribution >= 0.6 is 0 Å². The predicted octanol–water partition coefficient (Wildman–Crippen LogP) is 4.16. The van der Waals surface area contributed by atoms with Crippen LogP contribution in [0.25, 0.3) is 5.76 Å². The quantitative estimate of drug-likeness (QED) is 0.350. The highest BCUT2D eigenvalue weighted by Crippen LogP contribution is 2.39. The summed E-state index contributed by atoms with van der Waals surface area (Å²) < 4.78 is 19.3. The van der Waals surface area contributed by atoms with Crippen LogP contribution in [0.15, 0.2) is 48.0 Å². The van der Waals surface area contributed by atoms with Crippen molar-refractivity contribution in [3.05, 3.63) is 70.5 Å². The molecule has 0 radical (unpaired) electrons. The van der Waals surface area contributed by atoms with Crippen LogP contribution in [0, 0.1) is 5.82 Å². The highest BCUT2D eigenvalue weighted by Gasteiger charge is 2.46. The number of aliphatic hydroxyl groups is 1. The molecule has 1 unspecified atom stereocenters. The molecule has 1 aliphatic rings. The molecule has 3 rings (SSSR count). The molecule has 0 bridgehead atoms. The van der Waals surface area contributed by atoms with E-state index in [2.05, 4.69) is 4.90 Å². The largest absolute Gasteiger partial charge is 0.507 e. The maximum Gasteiger partial charge on any atom is 0.295 e. The second-order valence-corrected chi connectivity index (χ2v) is 7.96. The molecule has 1 N–H and O–H groups in total. The molecule has 0 aromatic heterocycles. The van der Waals surface area contributed by atoms with E-state index in [9.17, 15) is 19.1 Å². The second-order valence-electron chi connectivity index (χ2n) is 7.96. The molecule has 1 saturated heterocycles. The number of likely N-dealkylation sites (tertiary alicyclic amines) is 1. The molecule has 1 heterocycles. The molecular weight excluding hydrogens is 423 g/mol. The normalized spacial score (nSPS) is 17.8. The molecule has 7 heteroatoms. The van der Waals surface area contributed by atoms with Crippen LogP contribution in [0.1, 0.15) is 43.5 Å². The van der Waals surface area contributed by atoms with Gasteiger partial charge in [-0.25, -0.2) is 4.39 Å². The van der Waals surface area contributed by atoms with Gasteiger partial charge < -0.3 is 19.6 Å². The number of likely N-dealkylation sites (N-methyl/N-ethyl adjacent to an activating group) is 1. The number of Topliss-reactive ketones (excluding diaryl/α,β-unsaturated/α-hetero) is 1. The summed E-state index contributed by atoms with van der Waals surface area (Å²) in [7, 11) is 1.35. The minimum Gasteiger partial charge on any atom is -0.507 e. The smallest absolute Gasteiger partial charge is 0.295 e. The zero-order valence-corrected chi connectivity index (χ0v) is 19.6. The predicted molar refractivity (Wildman–Crippen MR) is 126 cm³/mol. The van der Waals surface area contributed by atoms with Gasteiger partial charge in [-0.15, -0.1) is 0 Å². The molecule has 2 aromatic rings. The van der Waals surface area contributed by atoms with Gasteiger partial charge in [0.25, 0.3) is 11.7 Å². The summed E-state index contributed by atoms with van der Waals surface area (Å²) in [6.45, 7) is 8.70. The molecule has 33 heavy (non-hydrogen) atoms. The maximum absolute atomic E-state index is 14.3. The third kappa shape index (κ3) is 4.93. The summed E-state index contributed by atoms with van der Waals surface area (Å²) in [5.41, 5.74) is 1.93. The Kier molecular flexibility index (Phi) is 7.87. The van der Waals surface area contributed by atoms with E-state index in [0.717, 1.165) is 36.7 Å². The first kappa shape index (κ1) is 24.5. The van der Waals surface area contributed by atoms with Crippen molar-refractivity contribution in [3.8, 4) is 5.75 Å². The average molecular weight is 455 g/mol. The number of carbonyl (C=O) groups is 2. The number of aryl methyl sites for hydroxylation is 1. The van der Waals surface area contributed by atoms with Crippen molar-refractivity contribution < 1.29 is 23.8 Å². The van der Waals surface area contributed by atoms with Gasteiger partial charge in [0.1, 0.15) is 5.76 Å². The van der Waals surface area contributed by atoms with E-state index < -0.39 is 29.3 Å². The molecule has 0 aliphatic carbocycles. The van der Waals surface area contributed by atoms with Gasteiger partial charge in [-0.2, -0.15) is 0 Å². The molecular formula is C26H31FN2O4. The Labute approximate surface area is 194 Å². The van der Waals surface area contributed by atoms with Crippen molar-refractivity contribution in [2.24, 2.45) is 0 Å². The van der Waals surface area contributed by atoms with Crippen molar-refractivity contribution in [1.29, 1.82) is 0 Å². The number of hydrogen-bond acceptors (Lipinski definition) is 5. The SMILES string of the molecule is CCc1ccc(C2/C(=C(\O)c3ccc(OC)c(F)c3)C(=O)C(=O)N2CCN(CC)CC)cc1. The number of halogens is 1. The summed E-state index contributed by atoms with van der Waals surface area (Å²) >= 11 is 0. The summed E-state index contributed by atoms with van der Waals surface area (Å²) in [6.07, 6.45) is 0.855. The van der Waals surface area contributed by atoms with Crippen LogP contribution in [0.2, 0.25) is 0 Å². The number of amides is 1. The number of ether oxygens (including phenoxy) is 1. The van der Waals surface area contributed by atoms with Crippen molar-refractivity contribution in [1.82, 2.24) is 9.80 Å². The van der Waals surface area contributed by atoms with Crippen LogP contribution < -0.4 is 4.74 Å². The molecule has 176 valence electrons. The monoisotopic (exact) mass is 454 g/mol. The fourth-order valence-electron chi connectivity index (χ4n) is 4.15. The number of hydrogen-bond donors (Lipinski definition) is 1. The second kappa shape index (κ2) is 10.6. The topological polar surface area (TPSA) is 70.1 Å². The molecule has 0 saturated carbocycles. The zero-order valence-electron chi connectivity index (χ0n) is 19.6. The van der Waals surface area contributed by atoms with Gasteiger partial charge in [-0.3, -0.25) is 9.59 Å². The molecule has 1 aliphatic heterocycles. The van der Waals surface area contributed by atoms with Gasteiger partial charge >= 0.3 is 0 Å². The number of ketones is 1. The number of nitrogens with zero attached hydrogens (tertiary/aromatic N) is 2. The highest BCUT2D eigenvalue weighted by molar-refractivity contribution is 6.46. The van der Waals surface area contributed by atoms with Gasteiger partial charge in [0, 0.05) is 18.7 Å². The van der Waals surface area contributed by atoms with Gasteiger partial charge in [0.05, 0.1) is 18.7 Å². The zero-order chi connectivity index (χ0) is 24.1. The van der Waals surface area contributed by atoms with Crippen molar-refractivity contribution in [2.75, 3.05) is 33.3 Å². The molecule has 6 nitrogen and oxygen atoms in total. The van der Waals surface area contributed by atoms with Gasteiger partial charge in [-0.05, 0) is 48.8 Å². The van der Waals surface area contributed by atoms with E-state index in [1.54, 1.807) is 0 Å². The number of rotatable bonds is 9. The number of benzene rings is 2. The fraction of sp³-hybridized carbons (Fsp3) is 0.385. The lowest BCUT2D eigenvalue weighted by molar-refractivity contribution is -0.140. The Morgan fingerprint density at radius 1 is 1.09 bits per heavy atom. The fourth-order valence-corrected chi connectivity index (χ4v) is 4.15. The lowest BCUT2D eigenvalue weighted by Crippen LogP contribution is -2.38. The van der Waals surface area contributed by atoms with Crippen LogP contribution in [0.5, 0.6) is 5.75 Å². The summed E-state index contributed by atoms with van der Waals surface area (Å²) in [6, 6.07) is 10.9. The van der Waals surface area contributed by atoms with E-state index in [0.29, 0.717) is 13.1 Å². The first-order chi connectivity index (χ1) is 15.9. The van der Waals surface area contributed by atoms with E-state index >= 15 is 0 Å². The number of carbonyl (C=O) groups excluding carboxylic acids is 2. The Balaban J connectivity index is 2.10. The van der Waals surface area contributed by atoms with Crippen LogP contribution in [-0.4, -0.2) is 59.9 Å². The summed E-state index contributed by atoms with van der Waals surface area (Å²) in [4.78, 5) is 29.8. The standard InChI is InChI=1S/C26H31FN2O4/c1-5-17-8-10-18(11-9-17)23-22(24(30)19-12-13-21(33-4)20(27)16-19)25(31)26(32)29(23)15-14-28(6-2)7-3/h8-13,16,23,30H,5-7,14-15H2,1-4H3/b24-22+. The molecule has 1 amide bonds. The highest BCUT2D eigenvalue weighted by atomic mass is 19.1. The molecule has 1 atom stereocenters. The first-order valence-electron chi connectivity index (χ1n) is 11.3. The summed E-state index contributed by atoms with van der Waals surface area (Å²) in [5, 5.41) is 11.1. The third-order valence-corrected chi connectivity index (χ3v) is 6.22. The Morgan fingerprint density at radius 2 is 1.76 bits per heavy atom. The minimum atomic E-state index is -0.771. The van der Waals surface area contributed by atoms with Crippen molar-refractivity contribution in [2.45, 2.75) is 33.2 Å². The minimum absolute atomic E-state index is 0.0259. The average Bonchev–Trinajstić information content (AvgIpc) is 3.09. The first-order valence-corrected chi connectivity index (χ1v) is 11.3. The van der Waals surface area contributed by atoms with Crippen LogP contribution in [-0.2, 0) is 16.0 Å². The van der Waals surface area contributed by atoms with E-state index in [1.807, 2.05) is 45.0 Å². The van der Waals surface area contributed by atoms with Gasteiger partial charge in [0.15, 0.2) is 11.6 Å². The third-order valence-electron chi connectivity index (χ3n) is 6.22. The summed E-state index contributed by atoms with van der Waals surface area (Å²) in [5.74, 6) is -2.47. The Hall–Kier alpha value is -3.19. The van der Waals surface area contributed by atoms with E-state index in [4.69, 9.17) is 4.74 Å². The molecule has 1 fully saturated rings. The number of methoxy groups -OCH3 is 1.